The number of likely N-dealkylation sites (tertiary alicyclic amines) is 1. The number of aryl methyl sites for hydroxylation is 1. The second-order valence-corrected chi connectivity index (χ2v) is 5.46. The van der Waals surface area contributed by atoms with Crippen molar-refractivity contribution in [3.8, 4) is 5.75 Å². The Morgan fingerprint density at radius 1 is 0.909 bits per heavy atom. The number of hydrogen-bond acceptors (Lipinski definition) is 2. The first kappa shape index (κ1) is 21.0. The van der Waals surface area contributed by atoms with Crippen LogP contribution in [0.5, 0.6) is 5.75 Å². The molecule has 0 aliphatic carbocycles. The van der Waals surface area contributed by atoms with Crippen molar-refractivity contribution in [2.24, 2.45) is 0 Å². The number of rotatable bonds is 5. The average molecular weight is 308 g/mol. The molecule has 0 saturated carbocycles. The quantitative estimate of drug-likeness (QED) is 0.706. The van der Waals surface area contributed by atoms with Crippen molar-refractivity contribution in [3.05, 3.63) is 29.8 Å². The maximum atomic E-state index is 5.77. The minimum absolute atomic E-state index is 0.811. The molecule has 0 N–H and O–H groups in total. The Morgan fingerprint density at radius 3 is 1.95 bits per heavy atom. The van der Waals surface area contributed by atoms with Crippen molar-refractivity contribution in [1.29, 1.82) is 0 Å². The van der Waals surface area contributed by atoms with Gasteiger partial charge in [0.25, 0.3) is 0 Å². The SMILES string of the molecule is CC.CCC.CCc1ccc(OCCN2CCCCC2)cc1. The van der Waals surface area contributed by atoms with E-state index in [-0.39, 0.29) is 0 Å². The van der Waals surface area contributed by atoms with E-state index in [0.717, 1.165) is 25.3 Å². The van der Waals surface area contributed by atoms with Crippen LogP contribution in [0.4, 0.5) is 0 Å². The predicted octanol–water partition coefficient (Wildman–Crippen LogP) is 5.56. The molecule has 1 saturated heterocycles. The Balaban J connectivity index is 0.000000789. The first-order valence-electron chi connectivity index (χ1n) is 9.24. The van der Waals surface area contributed by atoms with Gasteiger partial charge in [-0.05, 0) is 50.0 Å². The topological polar surface area (TPSA) is 12.5 Å². The summed E-state index contributed by atoms with van der Waals surface area (Å²) in [7, 11) is 0. The molecular formula is C20H37NO. The zero-order valence-corrected chi connectivity index (χ0v) is 15.5. The van der Waals surface area contributed by atoms with E-state index < -0.39 is 0 Å². The molecule has 2 rings (SSSR count). The molecule has 1 aliphatic heterocycles. The highest BCUT2D eigenvalue weighted by atomic mass is 16.5. The molecule has 2 nitrogen and oxygen atoms in total. The summed E-state index contributed by atoms with van der Waals surface area (Å²) in [5.74, 6) is 0.999. The van der Waals surface area contributed by atoms with Gasteiger partial charge in [0.2, 0.25) is 0 Å². The van der Waals surface area contributed by atoms with Gasteiger partial charge in [-0.25, -0.2) is 0 Å². The third-order valence-corrected chi connectivity index (χ3v) is 3.46. The molecule has 1 fully saturated rings. The Bertz CT molecular complexity index is 328. The molecule has 1 aliphatic rings. The van der Waals surface area contributed by atoms with Crippen molar-refractivity contribution >= 4 is 0 Å². The van der Waals surface area contributed by atoms with Gasteiger partial charge in [0.15, 0.2) is 0 Å². The molecule has 0 amide bonds. The van der Waals surface area contributed by atoms with E-state index in [1.165, 1.54) is 44.3 Å². The van der Waals surface area contributed by atoms with Gasteiger partial charge in [-0.2, -0.15) is 0 Å². The summed E-state index contributed by atoms with van der Waals surface area (Å²) in [6, 6.07) is 8.45. The van der Waals surface area contributed by atoms with Crippen molar-refractivity contribution in [2.75, 3.05) is 26.2 Å². The summed E-state index contributed by atoms with van der Waals surface area (Å²) in [4.78, 5) is 2.50. The Hall–Kier alpha value is -1.02. The largest absolute Gasteiger partial charge is 0.492 e. The van der Waals surface area contributed by atoms with Gasteiger partial charge < -0.3 is 4.74 Å². The van der Waals surface area contributed by atoms with Gasteiger partial charge in [0.05, 0.1) is 0 Å². The lowest BCUT2D eigenvalue weighted by atomic mass is 10.1. The maximum absolute atomic E-state index is 5.77. The van der Waals surface area contributed by atoms with Gasteiger partial charge in [-0.1, -0.05) is 59.6 Å². The first-order chi connectivity index (χ1) is 10.8. The van der Waals surface area contributed by atoms with Crippen molar-refractivity contribution in [1.82, 2.24) is 4.90 Å². The summed E-state index contributed by atoms with van der Waals surface area (Å²) in [5.41, 5.74) is 1.37. The highest BCUT2D eigenvalue weighted by Gasteiger charge is 2.09. The Kier molecular flexibility index (Phi) is 14.2. The van der Waals surface area contributed by atoms with Crippen LogP contribution in [0.2, 0.25) is 0 Å². The summed E-state index contributed by atoms with van der Waals surface area (Å²) in [6.45, 7) is 14.8. The van der Waals surface area contributed by atoms with E-state index >= 15 is 0 Å². The fraction of sp³-hybridized carbons (Fsp3) is 0.700. The lowest BCUT2D eigenvalue weighted by Gasteiger charge is -2.26. The number of piperidine rings is 1. The summed E-state index contributed by atoms with van der Waals surface area (Å²) < 4.78 is 5.77. The molecule has 0 bridgehead atoms. The number of benzene rings is 1. The van der Waals surface area contributed by atoms with E-state index in [2.05, 4.69) is 49.9 Å². The number of nitrogens with zero attached hydrogens (tertiary/aromatic N) is 1. The van der Waals surface area contributed by atoms with Crippen molar-refractivity contribution in [2.45, 2.75) is 66.7 Å². The van der Waals surface area contributed by atoms with Crippen LogP contribution < -0.4 is 4.74 Å². The smallest absolute Gasteiger partial charge is 0.119 e. The molecule has 0 radical (unpaired) electrons. The molecular weight excluding hydrogens is 270 g/mol. The molecule has 0 unspecified atom stereocenters. The van der Waals surface area contributed by atoms with Crippen LogP contribution in [-0.4, -0.2) is 31.1 Å². The number of ether oxygens (including phenoxy) is 1. The minimum atomic E-state index is 0.811. The van der Waals surface area contributed by atoms with E-state index in [1.807, 2.05) is 13.8 Å². The molecule has 0 aromatic heterocycles. The summed E-state index contributed by atoms with van der Waals surface area (Å²) in [6.07, 6.45) is 6.44. The van der Waals surface area contributed by atoms with E-state index in [9.17, 15) is 0 Å². The molecule has 0 spiro atoms. The summed E-state index contributed by atoms with van der Waals surface area (Å²) in [5, 5.41) is 0. The molecule has 128 valence electrons. The van der Waals surface area contributed by atoms with Crippen LogP contribution in [-0.2, 0) is 6.42 Å². The minimum Gasteiger partial charge on any atom is -0.492 e. The fourth-order valence-corrected chi connectivity index (χ4v) is 2.30. The molecule has 0 atom stereocenters. The third kappa shape index (κ3) is 9.83. The monoisotopic (exact) mass is 307 g/mol. The highest BCUT2D eigenvalue weighted by molar-refractivity contribution is 5.27. The van der Waals surface area contributed by atoms with Crippen LogP contribution in [0, 0.1) is 0 Å². The highest BCUT2D eigenvalue weighted by Crippen LogP contribution is 2.13. The molecule has 1 aromatic rings. The molecule has 22 heavy (non-hydrogen) atoms. The van der Waals surface area contributed by atoms with Crippen LogP contribution in [0.1, 0.15) is 65.9 Å². The lowest BCUT2D eigenvalue weighted by Crippen LogP contribution is -2.33. The summed E-state index contributed by atoms with van der Waals surface area (Å²) >= 11 is 0. The van der Waals surface area contributed by atoms with Gasteiger partial charge >= 0.3 is 0 Å². The van der Waals surface area contributed by atoms with E-state index in [0.29, 0.717) is 0 Å². The zero-order valence-electron chi connectivity index (χ0n) is 15.5. The molecule has 1 heterocycles. The standard InChI is InChI=1S/C15H23NO.C3H8.C2H6/c1-2-14-6-8-15(9-7-14)17-13-12-16-10-4-3-5-11-16;1-3-2;1-2/h6-9H,2-5,10-13H2,1H3;3H2,1-2H3;1-2H3. The van der Waals surface area contributed by atoms with Crippen molar-refractivity contribution < 1.29 is 4.74 Å². The average Bonchev–Trinajstić information content (AvgIpc) is 2.59. The fourth-order valence-electron chi connectivity index (χ4n) is 2.30. The van der Waals surface area contributed by atoms with Gasteiger partial charge in [0.1, 0.15) is 12.4 Å². The normalized spacial score (nSPS) is 14.2. The van der Waals surface area contributed by atoms with Crippen LogP contribution in [0.25, 0.3) is 0 Å². The van der Waals surface area contributed by atoms with E-state index in [1.54, 1.807) is 0 Å². The van der Waals surface area contributed by atoms with Crippen LogP contribution >= 0.6 is 0 Å². The lowest BCUT2D eigenvalue weighted by molar-refractivity contribution is 0.183. The van der Waals surface area contributed by atoms with Crippen LogP contribution in [0.15, 0.2) is 24.3 Å². The third-order valence-electron chi connectivity index (χ3n) is 3.46. The second kappa shape index (κ2) is 14.9. The number of hydrogen-bond donors (Lipinski definition) is 0. The Morgan fingerprint density at radius 2 is 1.45 bits per heavy atom. The van der Waals surface area contributed by atoms with Gasteiger partial charge in [-0.15, -0.1) is 0 Å². The van der Waals surface area contributed by atoms with Gasteiger partial charge in [-0.3, -0.25) is 4.90 Å². The van der Waals surface area contributed by atoms with Gasteiger partial charge in [0, 0.05) is 6.54 Å². The predicted molar refractivity (Wildman–Crippen MR) is 98.9 cm³/mol. The maximum Gasteiger partial charge on any atom is 0.119 e. The van der Waals surface area contributed by atoms with Crippen LogP contribution in [0.3, 0.4) is 0 Å². The Labute approximate surface area is 138 Å². The zero-order chi connectivity index (χ0) is 16.6. The molecule has 2 heteroatoms. The molecule has 1 aromatic carbocycles. The second-order valence-electron chi connectivity index (χ2n) is 5.46. The van der Waals surface area contributed by atoms with E-state index in [4.69, 9.17) is 4.74 Å². The van der Waals surface area contributed by atoms with Crippen molar-refractivity contribution in [3.63, 3.8) is 0 Å². The first-order valence-corrected chi connectivity index (χ1v) is 9.24.